The van der Waals surface area contributed by atoms with Crippen LogP contribution in [0, 0.1) is 6.92 Å². The molecule has 0 aliphatic carbocycles. The van der Waals surface area contributed by atoms with Crippen LogP contribution in [0.1, 0.15) is 11.4 Å². The molecular weight excluding hydrogens is 297 g/mol. The largest absolute Gasteiger partial charge is 0.451 e. The zero-order valence-corrected chi connectivity index (χ0v) is 11.3. The van der Waals surface area contributed by atoms with Crippen LogP contribution in [-0.2, 0) is 6.18 Å². The minimum absolute atomic E-state index is 0.0954. The summed E-state index contributed by atoms with van der Waals surface area (Å²) in [5.74, 6) is -0.904. The van der Waals surface area contributed by atoms with Gasteiger partial charge in [-0.3, -0.25) is 0 Å². The van der Waals surface area contributed by atoms with Gasteiger partial charge in [0, 0.05) is 18.6 Å². The molecule has 0 amide bonds. The van der Waals surface area contributed by atoms with E-state index in [1.165, 1.54) is 6.07 Å². The van der Waals surface area contributed by atoms with Gasteiger partial charge in [-0.2, -0.15) is 13.2 Å². The second-order valence-corrected chi connectivity index (χ2v) is 4.53. The van der Waals surface area contributed by atoms with E-state index in [1.54, 1.807) is 24.5 Å². The molecule has 5 nitrogen and oxygen atoms in total. The average molecular weight is 306 g/mol. The Morgan fingerprint density at radius 1 is 1.00 bits per heavy atom. The Morgan fingerprint density at radius 2 is 1.73 bits per heavy atom. The lowest BCUT2D eigenvalue weighted by molar-refractivity contribution is -0.144. The van der Waals surface area contributed by atoms with Gasteiger partial charge in [0.1, 0.15) is 5.75 Å². The molecule has 0 atom stereocenters. The van der Waals surface area contributed by atoms with Gasteiger partial charge >= 0.3 is 12.2 Å². The smallest absolute Gasteiger partial charge is 0.424 e. The van der Waals surface area contributed by atoms with Crippen molar-refractivity contribution in [2.24, 2.45) is 0 Å². The summed E-state index contributed by atoms with van der Waals surface area (Å²) >= 11 is 0. The van der Waals surface area contributed by atoms with Crippen molar-refractivity contribution < 1.29 is 17.9 Å². The summed E-state index contributed by atoms with van der Waals surface area (Å²) in [6.07, 6.45) is -0.364. The maximum atomic E-state index is 12.6. The van der Waals surface area contributed by atoms with Crippen molar-refractivity contribution in [1.29, 1.82) is 0 Å². The van der Waals surface area contributed by atoms with E-state index >= 15 is 0 Å². The minimum atomic E-state index is -4.59. The van der Waals surface area contributed by atoms with Crippen molar-refractivity contribution in [3.63, 3.8) is 0 Å². The van der Waals surface area contributed by atoms with Crippen LogP contribution >= 0.6 is 0 Å². The van der Waals surface area contributed by atoms with Gasteiger partial charge in [0.15, 0.2) is 0 Å². The van der Waals surface area contributed by atoms with Crippen LogP contribution in [0.25, 0.3) is 10.9 Å². The molecule has 3 rings (SSSR count). The quantitative estimate of drug-likeness (QED) is 0.724. The topological polar surface area (TPSA) is 60.8 Å². The van der Waals surface area contributed by atoms with Gasteiger partial charge < -0.3 is 4.74 Å². The van der Waals surface area contributed by atoms with Crippen molar-refractivity contribution in [2.45, 2.75) is 13.1 Å². The van der Waals surface area contributed by atoms with Crippen molar-refractivity contribution >= 4 is 10.9 Å². The molecule has 0 radical (unpaired) electrons. The van der Waals surface area contributed by atoms with Crippen LogP contribution in [0.15, 0.2) is 36.8 Å². The molecule has 0 aliphatic rings. The number of ether oxygens (including phenoxy) is 1. The molecule has 0 fully saturated rings. The summed E-state index contributed by atoms with van der Waals surface area (Å²) < 4.78 is 43.4. The fourth-order valence-electron chi connectivity index (χ4n) is 1.79. The molecule has 0 bridgehead atoms. The van der Waals surface area contributed by atoms with E-state index < -0.39 is 12.0 Å². The summed E-state index contributed by atoms with van der Waals surface area (Å²) in [7, 11) is 0. The first-order chi connectivity index (χ1) is 10.4. The van der Waals surface area contributed by atoms with Crippen molar-refractivity contribution in [1.82, 2.24) is 19.9 Å². The zero-order chi connectivity index (χ0) is 15.7. The highest BCUT2D eigenvalue weighted by Gasteiger charge is 2.34. The molecule has 22 heavy (non-hydrogen) atoms. The first kappa shape index (κ1) is 14.2. The third kappa shape index (κ3) is 2.80. The van der Waals surface area contributed by atoms with Crippen LogP contribution in [0.3, 0.4) is 0 Å². The number of aryl methyl sites for hydroxylation is 1. The SMILES string of the molecule is Cc1cnc(Oc2cccc3nc(C(F)(F)F)ncc23)nc1. The molecule has 2 heterocycles. The molecule has 2 aromatic heterocycles. The van der Waals surface area contributed by atoms with Gasteiger partial charge in [0.2, 0.25) is 5.82 Å². The molecule has 112 valence electrons. The minimum Gasteiger partial charge on any atom is -0.424 e. The standard InChI is InChI=1S/C14H9F3N4O/c1-8-5-19-13(20-6-8)22-11-4-2-3-10-9(11)7-18-12(21-10)14(15,16)17/h2-7H,1H3. The highest BCUT2D eigenvalue weighted by Crippen LogP contribution is 2.31. The van der Waals surface area contributed by atoms with Gasteiger partial charge in [0.05, 0.1) is 10.9 Å². The molecule has 0 unspecified atom stereocenters. The molecule has 0 saturated carbocycles. The lowest BCUT2D eigenvalue weighted by atomic mass is 10.2. The van der Waals surface area contributed by atoms with E-state index in [9.17, 15) is 13.2 Å². The van der Waals surface area contributed by atoms with Gasteiger partial charge in [0.25, 0.3) is 0 Å². The van der Waals surface area contributed by atoms with E-state index in [-0.39, 0.29) is 17.3 Å². The zero-order valence-electron chi connectivity index (χ0n) is 11.3. The van der Waals surface area contributed by atoms with Crippen molar-refractivity contribution in [3.05, 3.63) is 48.2 Å². The summed E-state index contributed by atoms with van der Waals surface area (Å²) in [6.45, 7) is 1.83. The van der Waals surface area contributed by atoms with Crippen LogP contribution < -0.4 is 4.74 Å². The molecule has 0 saturated heterocycles. The Morgan fingerprint density at radius 3 is 2.41 bits per heavy atom. The van der Waals surface area contributed by atoms with E-state index in [2.05, 4.69) is 19.9 Å². The predicted molar refractivity (Wildman–Crippen MR) is 71.4 cm³/mol. The number of hydrogen-bond acceptors (Lipinski definition) is 5. The summed E-state index contributed by atoms with van der Waals surface area (Å²) in [6, 6.07) is 4.68. The molecule has 8 heteroatoms. The maximum Gasteiger partial charge on any atom is 0.451 e. The van der Waals surface area contributed by atoms with Gasteiger partial charge in [-0.1, -0.05) is 6.07 Å². The molecular formula is C14H9F3N4O. The number of hydrogen-bond donors (Lipinski definition) is 0. The van der Waals surface area contributed by atoms with E-state index in [4.69, 9.17) is 4.74 Å². The Bertz CT molecular complexity index is 818. The average Bonchev–Trinajstić information content (AvgIpc) is 2.48. The Balaban J connectivity index is 2.02. The van der Waals surface area contributed by atoms with E-state index in [1.807, 2.05) is 6.92 Å². The van der Waals surface area contributed by atoms with Gasteiger partial charge in [-0.15, -0.1) is 0 Å². The normalized spacial score (nSPS) is 11.6. The summed E-state index contributed by atoms with van der Waals surface area (Å²) in [5, 5.41) is 0.347. The van der Waals surface area contributed by atoms with Gasteiger partial charge in [-0.05, 0) is 24.6 Å². The highest BCUT2D eigenvalue weighted by molar-refractivity contribution is 5.84. The fourth-order valence-corrected chi connectivity index (χ4v) is 1.79. The Labute approximate surface area is 122 Å². The number of alkyl halides is 3. The number of nitrogens with zero attached hydrogens (tertiary/aromatic N) is 4. The molecule has 0 aliphatic heterocycles. The fraction of sp³-hybridized carbons (Fsp3) is 0.143. The Kier molecular flexibility index (Phi) is 3.36. The molecule has 3 aromatic rings. The van der Waals surface area contributed by atoms with Crippen LogP contribution in [0.5, 0.6) is 11.8 Å². The first-order valence-electron chi connectivity index (χ1n) is 6.23. The van der Waals surface area contributed by atoms with Crippen LogP contribution in [0.2, 0.25) is 0 Å². The molecule has 0 N–H and O–H groups in total. The Hall–Kier alpha value is -2.77. The monoisotopic (exact) mass is 306 g/mol. The number of aromatic nitrogens is 4. The molecule has 1 aromatic carbocycles. The van der Waals surface area contributed by atoms with Gasteiger partial charge in [-0.25, -0.2) is 19.9 Å². The van der Waals surface area contributed by atoms with Crippen LogP contribution in [0.4, 0.5) is 13.2 Å². The van der Waals surface area contributed by atoms with Crippen molar-refractivity contribution in [3.8, 4) is 11.8 Å². The van der Waals surface area contributed by atoms with Crippen molar-refractivity contribution in [2.75, 3.05) is 0 Å². The lowest BCUT2D eigenvalue weighted by Gasteiger charge is -2.09. The molecule has 0 spiro atoms. The third-order valence-corrected chi connectivity index (χ3v) is 2.80. The summed E-state index contributed by atoms with van der Waals surface area (Å²) in [5.41, 5.74) is 0.996. The number of benzene rings is 1. The second kappa shape index (κ2) is 5.21. The third-order valence-electron chi connectivity index (χ3n) is 2.80. The first-order valence-corrected chi connectivity index (χ1v) is 6.23. The van der Waals surface area contributed by atoms with Crippen LogP contribution in [-0.4, -0.2) is 19.9 Å². The maximum absolute atomic E-state index is 12.6. The van der Waals surface area contributed by atoms with E-state index in [0.717, 1.165) is 11.8 Å². The van der Waals surface area contributed by atoms with E-state index in [0.29, 0.717) is 5.39 Å². The number of fused-ring (bicyclic) bond motifs is 1. The number of halogens is 3. The predicted octanol–water partition coefficient (Wildman–Crippen LogP) is 3.54. The highest BCUT2D eigenvalue weighted by atomic mass is 19.4. The lowest BCUT2D eigenvalue weighted by Crippen LogP contribution is -2.10. The second-order valence-electron chi connectivity index (χ2n) is 4.53. The number of rotatable bonds is 2. The summed E-state index contributed by atoms with van der Waals surface area (Å²) in [4.78, 5) is 14.8.